The van der Waals surface area contributed by atoms with Crippen LogP contribution in [0.3, 0.4) is 0 Å². The van der Waals surface area contributed by atoms with E-state index in [-0.39, 0.29) is 126 Å². The third kappa shape index (κ3) is 44.0. The van der Waals surface area contributed by atoms with Gasteiger partial charge in [0.1, 0.15) is 18.1 Å². The van der Waals surface area contributed by atoms with E-state index >= 15 is 0 Å². The van der Waals surface area contributed by atoms with Crippen LogP contribution in [0, 0.1) is 41.4 Å². The molecule has 0 aliphatic rings. The highest BCUT2D eigenvalue weighted by atomic mass is 16.4. The quantitative estimate of drug-likeness (QED) is 0.0162. The van der Waals surface area contributed by atoms with Gasteiger partial charge in [-0.1, -0.05) is 167 Å². The van der Waals surface area contributed by atoms with Gasteiger partial charge in [0.25, 0.3) is 0 Å². The minimum atomic E-state index is -1.76. The zero-order valence-corrected chi connectivity index (χ0v) is 74.8. The summed E-state index contributed by atoms with van der Waals surface area (Å²) in [5.74, 6) is -17.0. The number of aliphatic carboxylic acids is 1. The molecular formula is C91H149N17O16. The maximum absolute atomic E-state index is 15.0. The van der Waals surface area contributed by atoms with Gasteiger partial charge in [-0.3, -0.25) is 77.1 Å². The van der Waals surface area contributed by atoms with E-state index in [1.165, 1.54) is 72.1 Å². The van der Waals surface area contributed by atoms with Crippen molar-refractivity contribution in [2.75, 3.05) is 26.2 Å². The van der Waals surface area contributed by atoms with Crippen LogP contribution >= 0.6 is 0 Å². The number of hydrogen-bond donors (Lipinski definition) is 17. The van der Waals surface area contributed by atoms with Crippen LogP contribution in [0.2, 0.25) is 0 Å². The number of fused-ring (bicyclic) bond motifs is 1. The Balaban J connectivity index is 1.88. The molecule has 0 saturated heterocycles. The van der Waals surface area contributed by atoms with Crippen LogP contribution in [-0.4, -0.2) is 184 Å². The molecular weight excluding hydrogens is 1590 g/mol. The third-order valence-corrected chi connectivity index (χ3v) is 22.3. The van der Waals surface area contributed by atoms with Crippen molar-refractivity contribution in [3.8, 4) is 0 Å². The smallest absolute Gasteiger partial charge is 0.305 e. The molecule has 13 atom stereocenters. The summed E-state index contributed by atoms with van der Waals surface area (Å²) in [7, 11) is 0. The highest BCUT2D eigenvalue weighted by Crippen LogP contribution is 2.27. The van der Waals surface area contributed by atoms with Crippen molar-refractivity contribution < 1.29 is 77.3 Å². The average molecular weight is 1740 g/mol. The molecule has 3 aromatic rings. The Kier molecular flexibility index (Phi) is 52.8. The number of carboxylic acid groups (broad SMARTS) is 1. The first-order valence-electron chi connectivity index (χ1n) is 45.0. The predicted molar refractivity (Wildman–Crippen MR) is 481 cm³/mol. The number of hydrogen-bond acceptors (Lipinski definition) is 19. The van der Waals surface area contributed by atoms with E-state index < -0.39 is 186 Å². The lowest BCUT2D eigenvalue weighted by molar-refractivity contribution is -0.141. The first-order valence-corrected chi connectivity index (χ1v) is 45.0. The number of nitrogens with two attached hydrogens (primary N) is 7. The standard InChI is InChI=1S/C91H149N17O16/c1-9-10-11-12-13-14-15-16-17-18-19-20-24-41-80(115)103-74(50-67-56-101-69-37-26-25-36-68(67)69)89(124)108-82(61(8)109)79(114)54-65(47-58(4)5)86(121)102-60(7)75(110)52-64(46-57(2)3)87(122)107-73(55-81(116)117)78(113)53-66(49-62-33-22-21-23-34-62)88(123)105-71(39-28-30-43-93)77(112)51-63(35-31-44-99-90(95)96)85(120)104-70(38-27-29-42-92)76(111)48-59(6)84(119)106-72(83(94)118)40-32-45-100-91(97)98/h21-23,25-26,33-34,36-37,56-61,63-66,70-74,82,101,109H,9-20,24,27-32,35,38-55,92-93H2,1-8H3,(H2,94,118)(H,102,121)(H,103,115)(H,104,120)(H,105,123)(H,106,119)(H,107,122)(H,108,124)(H,116,117)(H4,95,96,99)(H4,97,98,100)/t59-,60+,61-,63-,64-,65-,66?,70+,71+,72+,73+,74+,82+/m1/s1. The number of rotatable bonds is 70. The number of ketones is 5. The SMILES string of the molecule is CCCCCCCCCCCCCCCC(=O)N[C@@H](Cc1c[nH]c2ccccc12)C(=O)N[C@H](C(=O)C[C@@H](CC(C)C)C(=O)N[C@@H](C)C(=O)C[C@@H](CC(C)C)C(=O)N[C@@H](CC(=O)O)C(=O)CC(Cc1ccccc1)C(=O)N[C@@H](CCCCN)C(=O)C[C@@H](CCCN=C(N)N)C(=O)N[C@@H](CCCCN)C(=O)C[C@@H](C)C(=O)N[C@@H](CCCN=C(N)N)C(N)=O)[C@@H](C)O. The molecule has 33 nitrogen and oxygen atoms in total. The van der Waals surface area contributed by atoms with E-state index in [2.05, 4.69) is 59.1 Å². The molecule has 33 heteroatoms. The van der Waals surface area contributed by atoms with Gasteiger partial charge in [-0.25, -0.2) is 0 Å². The molecule has 0 aliphatic carbocycles. The van der Waals surface area contributed by atoms with Gasteiger partial charge >= 0.3 is 5.97 Å². The average Bonchev–Trinajstić information content (AvgIpc) is 1.66. The number of aromatic amines is 1. The maximum atomic E-state index is 15.0. The predicted octanol–water partition coefficient (Wildman–Crippen LogP) is 6.54. The molecule has 1 unspecified atom stereocenters. The molecule has 124 heavy (non-hydrogen) atoms. The van der Waals surface area contributed by atoms with Crippen LogP contribution in [0.15, 0.2) is 70.8 Å². The van der Waals surface area contributed by atoms with Crippen LogP contribution in [0.4, 0.5) is 0 Å². The number of nitrogens with zero attached hydrogens (tertiary/aromatic N) is 2. The Labute approximate surface area is 732 Å². The molecule has 694 valence electrons. The highest BCUT2D eigenvalue weighted by Gasteiger charge is 2.39. The normalized spacial score (nSPS) is 14.6. The van der Waals surface area contributed by atoms with Crippen molar-refractivity contribution in [2.45, 2.75) is 322 Å². The monoisotopic (exact) mass is 1740 g/mol. The number of primary amides is 1. The largest absolute Gasteiger partial charge is 0.481 e. The summed E-state index contributed by atoms with van der Waals surface area (Å²) in [5, 5.41) is 41.5. The zero-order chi connectivity index (χ0) is 92.2. The minimum absolute atomic E-state index is 0.00134. The first kappa shape index (κ1) is 108. The number of nitrogens with one attached hydrogen (secondary N) is 8. The second-order valence-corrected chi connectivity index (χ2v) is 34.3. The summed E-state index contributed by atoms with van der Waals surface area (Å²) >= 11 is 0. The van der Waals surface area contributed by atoms with Crippen LogP contribution < -0.4 is 77.4 Å². The van der Waals surface area contributed by atoms with Crippen molar-refractivity contribution in [1.29, 1.82) is 0 Å². The van der Waals surface area contributed by atoms with Gasteiger partial charge in [-0.15, -0.1) is 0 Å². The molecule has 0 saturated carbocycles. The fraction of sp³-hybridized carbons (Fsp3) is 0.670. The number of aliphatic imine (C=N–C) groups is 2. The summed E-state index contributed by atoms with van der Waals surface area (Å²) in [4.78, 5) is 209. The number of guanidine groups is 2. The Morgan fingerprint density at radius 1 is 0.411 bits per heavy atom. The van der Waals surface area contributed by atoms with Crippen molar-refractivity contribution in [3.05, 3.63) is 71.9 Å². The van der Waals surface area contributed by atoms with Crippen molar-refractivity contribution in [2.24, 2.45) is 91.5 Å². The zero-order valence-electron chi connectivity index (χ0n) is 74.8. The summed E-state index contributed by atoms with van der Waals surface area (Å²) in [5.41, 5.74) is 41.5. The number of aliphatic hydroxyl groups excluding tert-OH is 1. The van der Waals surface area contributed by atoms with Crippen LogP contribution in [-0.2, 0) is 80.0 Å². The first-order chi connectivity index (χ1) is 59.0. The number of amides is 8. The minimum Gasteiger partial charge on any atom is -0.481 e. The number of para-hydroxylation sites is 1. The molecule has 0 radical (unpaired) electrons. The lowest BCUT2D eigenvalue weighted by atomic mass is 9.87. The topological polar surface area (TPSA) is 586 Å². The lowest BCUT2D eigenvalue weighted by Gasteiger charge is -2.27. The number of benzene rings is 2. The highest BCUT2D eigenvalue weighted by molar-refractivity contribution is 6.00. The van der Waals surface area contributed by atoms with Crippen molar-refractivity contribution >= 4 is 105 Å². The van der Waals surface area contributed by atoms with Crippen molar-refractivity contribution in [3.63, 3.8) is 0 Å². The Morgan fingerprint density at radius 3 is 1.39 bits per heavy atom. The second-order valence-electron chi connectivity index (χ2n) is 34.3. The van der Waals surface area contributed by atoms with E-state index in [9.17, 15) is 77.3 Å². The second kappa shape index (κ2) is 60.5. The van der Waals surface area contributed by atoms with Gasteiger partial charge in [0.15, 0.2) is 40.8 Å². The number of unbranched alkanes of at least 4 members (excludes halogenated alkanes) is 14. The molecule has 24 N–H and O–H groups in total. The molecule has 1 aromatic heterocycles. The number of aliphatic hydroxyl groups is 1. The number of carbonyl (C=O) groups excluding carboxylic acids is 13. The summed E-state index contributed by atoms with van der Waals surface area (Å²) in [6.07, 6.45) is 14.1. The van der Waals surface area contributed by atoms with E-state index in [1.54, 1.807) is 50.4 Å². The number of carboxylic acids is 1. The van der Waals surface area contributed by atoms with Gasteiger partial charge in [-0.05, 0) is 146 Å². The summed E-state index contributed by atoms with van der Waals surface area (Å²) in [6.45, 7) is 14.3. The van der Waals surface area contributed by atoms with E-state index in [0.717, 1.165) is 42.1 Å². The van der Waals surface area contributed by atoms with Gasteiger partial charge in [0.05, 0.1) is 36.7 Å². The van der Waals surface area contributed by atoms with E-state index in [0.29, 0.717) is 44.1 Å². The van der Waals surface area contributed by atoms with Crippen LogP contribution in [0.1, 0.15) is 272 Å². The lowest BCUT2D eigenvalue weighted by Crippen LogP contribution is -2.55. The molecule has 3 rings (SSSR count). The Hall–Kier alpha value is -10.0. The van der Waals surface area contributed by atoms with Crippen molar-refractivity contribution in [1.82, 2.24) is 42.2 Å². The molecule has 8 amide bonds. The van der Waals surface area contributed by atoms with E-state index in [1.807, 2.05) is 38.1 Å². The van der Waals surface area contributed by atoms with Gasteiger partial charge < -0.3 is 92.6 Å². The molecule has 1 heterocycles. The Bertz CT molecular complexity index is 3880. The number of carbonyl (C=O) groups is 14. The van der Waals surface area contributed by atoms with Gasteiger partial charge in [0, 0.05) is 105 Å². The van der Waals surface area contributed by atoms with Gasteiger partial charge in [-0.2, -0.15) is 0 Å². The molecule has 0 fully saturated rings. The fourth-order valence-corrected chi connectivity index (χ4v) is 15.3. The number of H-pyrrole nitrogens is 1. The molecule has 0 spiro atoms. The fourth-order valence-electron chi connectivity index (χ4n) is 15.3. The Morgan fingerprint density at radius 2 is 0.863 bits per heavy atom. The molecule has 2 aromatic carbocycles. The van der Waals surface area contributed by atoms with Gasteiger partial charge in [0.2, 0.25) is 47.3 Å². The number of Topliss-reactive ketones (excluding diaryl/α,β-unsaturated/α-hetero) is 5. The molecule has 0 bridgehead atoms. The number of aromatic nitrogens is 1. The maximum Gasteiger partial charge on any atom is 0.305 e. The summed E-state index contributed by atoms with van der Waals surface area (Å²) < 4.78 is 0. The molecule has 0 aliphatic heterocycles. The third-order valence-electron chi connectivity index (χ3n) is 22.3. The summed E-state index contributed by atoms with van der Waals surface area (Å²) in [6, 6.07) is 6.73. The van der Waals surface area contributed by atoms with Crippen LogP contribution in [0.25, 0.3) is 10.9 Å². The van der Waals surface area contributed by atoms with Crippen LogP contribution in [0.5, 0.6) is 0 Å². The van der Waals surface area contributed by atoms with E-state index in [4.69, 9.17) is 40.1 Å².